The van der Waals surface area contributed by atoms with Crippen LogP contribution in [-0.2, 0) is 6.61 Å². The van der Waals surface area contributed by atoms with E-state index in [0.717, 1.165) is 0 Å². The molecule has 8 heavy (non-hydrogen) atoms. The van der Waals surface area contributed by atoms with E-state index in [0.29, 0.717) is 10.7 Å². The van der Waals surface area contributed by atoms with Crippen molar-refractivity contribution in [3.63, 3.8) is 0 Å². The molecule has 0 fully saturated rings. The van der Waals surface area contributed by atoms with Crippen LogP contribution in [0.4, 0.5) is 5.00 Å². The Morgan fingerprint density at radius 1 is 1.88 bits per heavy atom. The van der Waals surface area contributed by atoms with E-state index >= 15 is 0 Å². The second-order valence-electron chi connectivity index (χ2n) is 1.32. The van der Waals surface area contributed by atoms with Crippen LogP contribution in [0, 0.1) is 0 Å². The number of thiazole rings is 1. The minimum absolute atomic E-state index is 0.0602. The van der Waals surface area contributed by atoms with Gasteiger partial charge in [0.25, 0.3) is 0 Å². The van der Waals surface area contributed by atoms with Gasteiger partial charge in [-0.05, 0) is 0 Å². The van der Waals surface area contributed by atoms with Gasteiger partial charge in [0.15, 0.2) is 0 Å². The summed E-state index contributed by atoms with van der Waals surface area (Å²) in [7, 11) is 0. The molecular weight excluding hydrogens is 124 g/mol. The van der Waals surface area contributed by atoms with Gasteiger partial charge in [0.05, 0.1) is 12.1 Å². The number of anilines is 1. The van der Waals surface area contributed by atoms with E-state index in [1.165, 1.54) is 11.3 Å². The van der Waals surface area contributed by atoms with Crippen molar-refractivity contribution in [2.45, 2.75) is 6.61 Å². The molecule has 0 bridgehead atoms. The highest BCUT2D eigenvalue weighted by atomic mass is 32.1. The Labute approximate surface area is 50.8 Å². The van der Waals surface area contributed by atoms with E-state index in [-0.39, 0.29) is 6.61 Å². The standard InChI is InChI=1S/C4H6N2OS/c5-4-3(1-7)6-2-8-4/h2,7H,1,5H2. The first-order chi connectivity index (χ1) is 3.84. The normalized spacial score (nSPS) is 9.62. The molecule has 0 radical (unpaired) electrons. The lowest BCUT2D eigenvalue weighted by Crippen LogP contribution is -1.88. The van der Waals surface area contributed by atoms with Gasteiger partial charge in [-0.25, -0.2) is 4.98 Å². The molecular formula is C4H6N2OS. The minimum atomic E-state index is -0.0602. The predicted molar refractivity (Wildman–Crippen MR) is 32.4 cm³/mol. The zero-order chi connectivity index (χ0) is 5.98. The molecule has 0 spiro atoms. The Balaban J connectivity index is 2.92. The third-order valence-corrected chi connectivity index (χ3v) is 1.52. The maximum absolute atomic E-state index is 8.47. The average molecular weight is 130 g/mol. The van der Waals surface area contributed by atoms with Crippen LogP contribution in [0.15, 0.2) is 5.51 Å². The SMILES string of the molecule is Nc1scnc1CO. The topological polar surface area (TPSA) is 59.1 Å². The molecule has 1 rings (SSSR count). The smallest absolute Gasteiger partial charge is 0.111 e. The molecule has 4 heteroatoms. The first kappa shape index (κ1) is 5.53. The van der Waals surface area contributed by atoms with Gasteiger partial charge in [-0.15, -0.1) is 11.3 Å². The summed E-state index contributed by atoms with van der Waals surface area (Å²) in [6, 6.07) is 0. The van der Waals surface area contributed by atoms with E-state index in [1.54, 1.807) is 5.51 Å². The van der Waals surface area contributed by atoms with Crippen LogP contribution in [-0.4, -0.2) is 10.1 Å². The molecule has 0 aliphatic heterocycles. The molecule has 0 aliphatic carbocycles. The number of aliphatic hydroxyl groups is 1. The summed E-state index contributed by atoms with van der Waals surface area (Å²) in [4.78, 5) is 3.78. The fourth-order valence-corrected chi connectivity index (χ4v) is 0.944. The Morgan fingerprint density at radius 3 is 2.88 bits per heavy atom. The molecule has 0 aromatic carbocycles. The molecule has 0 saturated carbocycles. The van der Waals surface area contributed by atoms with Crippen LogP contribution in [0.1, 0.15) is 5.69 Å². The number of hydrogen-bond acceptors (Lipinski definition) is 4. The molecule has 44 valence electrons. The van der Waals surface area contributed by atoms with Crippen LogP contribution in [0.25, 0.3) is 0 Å². The lowest BCUT2D eigenvalue weighted by Gasteiger charge is -1.85. The van der Waals surface area contributed by atoms with Gasteiger partial charge in [0.2, 0.25) is 0 Å². The van der Waals surface area contributed by atoms with Crippen molar-refractivity contribution in [3.05, 3.63) is 11.2 Å². The van der Waals surface area contributed by atoms with Crippen molar-refractivity contribution in [2.75, 3.05) is 5.73 Å². The zero-order valence-electron chi connectivity index (χ0n) is 4.16. The molecule has 3 N–H and O–H groups in total. The van der Waals surface area contributed by atoms with Crippen LogP contribution < -0.4 is 5.73 Å². The van der Waals surface area contributed by atoms with Gasteiger partial charge in [0.1, 0.15) is 10.7 Å². The van der Waals surface area contributed by atoms with Crippen LogP contribution in [0.2, 0.25) is 0 Å². The van der Waals surface area contributed by atoms with Gasteiger partial charge < -0.3 is 10.8 Å². The first-order valence-electron chi connectivity index (χ1n) is 2.13. The molecule has 1 aromatic heterocycles. The number of nitrogens with two attached hydrogens (primary N) is 1. The lowest BCUT2D eigenvalue weighted by molar-refractivity contribution is 0.278. The molecule has 0 aliphatic rings. The molecule has 1 heterocycles. The zero-order valence-corrected chi connectivity index (χ0v) is 4.98. The van der Waals surface area contributed by atoms with Crippen molar-refractivity contribution in [1.82, 2.24) is 4.98 Å². The predicted octanol–water partition coefficient (Wildman–Crippen LogP) is 0.218. The Bertz CT molecular complexity index is 174. The first-order valence-corrected chi connectivity index (χ1v) is 3.01. The quantitative estimate of drug-likeness (QED) is 0.571. The van der Waals surface area contributed by atoms with E-state index < -0.39 is 0 Å². The maximum Gasteiger partial charge on any atom is 0.111 e. The summed E-state index contributed by atoms with van der Waals surface area (Å²) in [6.45, 7) is -0.0602. The van der Waals surface area contributed by atoms with E-state index in [4.69, 9.17) is 10.8 Å². The van der Waals surface area contributed by atoms with Crippen LogP contribution in [0.5, 0.6) is 0 Å². The van der Waals surface area contributed by atoms with Gasteiger partial charge in [-0.3, -0.25) is 0 Å². The summed E-state index contributed by atoms with van der Waals surface area (Å²) in [5.74, 6) is 0. The van der Waals surface area contributed by atoms with Gasteiger partial charge in [-0.2, -0.15) is 0 Å². The van der Waals surface area contributed by atoms with Crippen LogP contribution in [0.3, 0.4) is 0 Å². The molecule has 1 aromatic rings. The molecule has 0 amide bonds. The van der Waals surface area contributed by atoms with Crippen molar-refractivity contribution in [1.29, 1.82) is 0 Å². The summed E-state index contributed by atoms with van der Waals surface area (Å²) in [5, 5.41) is 9.08. The number of hydrogen-bond donors (Lipinski definition) is 2. The molecule has 0 atom stereocenters. The van der Waals surface area contributed by atoms with E-state index in [9.17, 15) is 0 Å². The fourth-order valence-electron chi connectivity index (χ4n) is 0.397. The number of nitrogens with zero attached hydrogens (tertiary/aromatic N) is 1. The molecule has 0 saturated heterocycles. The number of aromatic nitrogens is 1. The largest absolute Gasteiger partial charge is 0.390 e. The highest BCUT2D eigenvalue weighted by Gasteiger charge is 1.96. The van der Waals surface area contributed by atoms with Gasteiger partial charge in [-0.1, -0.05) is 0 Å². The van der Waals surface area contributed by atoms with Crippen molar-refractivity contribution >= 4 is 16.3 Å². The summed E-state index contributed by atoms with van der Waals surface area (Å²) in [5.41, 5.74) is 7.54. The number of nitrogen functional groups attached to an aromatic ring is 1. The fraction of sp³-hybridized carbons (Fsp3) is 0.250. The minimum Gasteiger partial charge on any atom is -0.390 e. The third kappa shape index (κ3) is 0.801. The maximum atomic E-state index is 8.47. The van der Waals surface area contributed by atoms with Crippen molar-refractivity contribution in [2.24, 2.45) is 0 Å². The van der Waals surface area contributed by atoms with Gasteiger partial charge in [0, 0.05) is 0 Å². The second-order valence-corrected chi connectivity index (χ2v) is 2.21. The highest BCUT2D eigenvalue weighted by molar-refractivity contribution is 7.13. The Morgan fingerprint density at radius 2 is 2.62 bits per heavy atom. The van der Waals surface area contributed by atoms with E-state index in [2.05, 4.69) is 4.98 Å². The number of aliphatic hydroxyl groups excluding tert-OH is 1. The van der Waals surface area contributed by atoms with Gasteiger partial charge >= 0.3 is 0 Å². The third-order valence-electron chi connectivity index (χ3n) is 0.822. The second kappa shape index (κ2) is 2.11. The number of rotatable bonds is 1. The highest BCUT2D eigenvalue weighted by Crippen LogP contribution is 2.13. The Hall–Kier alpha value is -0.610. The van der Waals surface area contributed by atoms with E-state index in [1.807, 2.05) is 0 Å². The monoisotopic (exact) mass is 130 g/mol. The van der Waals surface area contributed by atoms with Crippen LogP contribution >= 0.6 is 11.3 Å². The summed E-state index contributed by atoms with van der Waals surface area (Å²) in [6.07, 6.45) is 0. The summed E-state index contributed by atoms with van der Waals surface area (Å²) >= 11 is 1.34. The molecule has 0 unspecified atom stereocenters. The summed E-state index contributed by atoms with van der Waals surface area (Å²) < 4.78 is 0. The van der Waals surface area contributed by atoms with Crippen molar-refractivity contribution < 1.29 is 5.11 Å². The Kier molecular flexibility index (Phi) is 1.45. The average Bonchev–Trinajstić information content (AvgIpc) is 2.14. The molecule has 3 nitrogen and oxygen atoms in total. The van der Waals surface area contributed by atoms with Crippen molar-refractivity contribution in [3.8, 4) is 0 Å². The lowest BCUT2D eigenvalue weighted by atomic mass is 10.5.